The monoisotopic (exact) mass is 597 g/mol. The Kier molecular flexibility index (Phi) is 9.04. The SMILES string of the molecule is O=C(NC(CCCO)C(=O)OC(c1ccccc1)(c1ccccc1)c1ccccc1)OCC1c2ccccc2-c2ccccc21. The molecule has 0 saturated heterocycles. The number of rotatable bonds is 11. The quantitative estimate of drug-likeness (QED) is 0.124. The smallest absolute Gasteiger partial charge is 0.407 e. The first-order chi connectivity index (χ1) is 22.1. The van der Waals surface area contributed by atoms with Crippen molar-refractivity contribution in [1.82, 2.24) is 5.32 Å². The fourth-order valence-electron chi connectivity index (χ4n) is 6.24. The Morgan fingerprint density at radius 3 is 1.58 bits per heavy atom. The summed E-state index contributed by atoms with van der Waals surface area (Å²) in [4.78, 5) is 27.4. The van der Waals surface area contributed by atoms with E-state index in [0.29, 0.717) is 6.42 Å². The summed E-state index contributed by atoms with van der Waals surface area (Å²) < 4.78 is 12.3. The van der Waals surface area contributed by atoms with Crippen molar-refractivity contribution in [3.8, 4) is 11.1 Å². The van der Waals surface area contributed by atoms with Crippen molar-refractivity contribution in [2.75, 3.05) is 13.2 Å². The van der Waals surface area contributed by atoms with Gasteiger partial charge in [-0.15, -0.1) is 0 Å². The molecule has 0 aliphatic heterocycles. The molecular weight excluding hydrogens is 562 g/mol. The fraction of sp³-hybridized carbons (Fsp3) is 0.179. The van der Waals surface area contributed by atoms with Crippen molar-refractivity contribution >= 4 is 12.1 Å². The molecule has 6 heteroatoms. The molecule has 1 atom stereocenters. The number of nitrogens with one attached hydrogen (secondary N) is 1. The van der Waals surface area contributed by atoms with Crippen LogP contribution >= 0.6 is 0 Å². The Bertz CT molecular complexity index is 1600. The van der Waals surface area contributed by atoms with Crippen molar-refractivity contribution in [3.63, 3.8) is 0 Å². The molecule has 1 unspecified atom stereocenters. The third-order valence-corrected chi connectivity index (χ3v) is 8.37. The highest BCUT2D eigenvalue weighted by Gasteiger charge is 2.42. The summed E-state index contributed by atoms with van der Waals surface area (Å²) in [5.41, 5.74) is 5.45. The number of amides is 1. The third-order valence-electron chi connectivity index (χ3n) is 8.37. The number of hydrogen-bond acceptors (Lipinski definition) is 5. The van der Waals surface area contributed by atoms with Gasteiger partial charge in [-0.2, -0.15) is 0 Å². The molecule has 0 bridgehead atoms. The second kappa shape index (κ2) is 13.6. The number of benzene rings is 5. The fourth-order valence-corrected chi connectivity index (χ4v) is 6.24. The van der Waals surface area contributed by atoms with Gasteiger partial charge >= 0.3 is 12.1 Å². The lowest BCUT2D eigenvalue weighted by molar-refractivity contribution is -0.156. The summed E-state index contributed by atoms with van der Waals surface area (Å²) in [6, 6.07) is 43.9. The van der Waals surface area contributed by atoms with E-state index in [2.05, 4.69) is 29.6 Å². The Morgan fingerprint density at radius 1 is 0.667 bits per heavy atom. The van der Waals surface area contributed by atoms with Crippen LogP contribution in [0.25, 0.3) is 11.1 Å². The van der Waals surface area contributed by atoms with Gasteiger partial charge in [0.1, 0.15) is 12.6 Å². The summed E-state index contributed by atoms with van der Waals surface area (Å²) in [5, 5.41) is 12.4. The van der Waals surface area contributed by atoms with Crippen LogP contribution in [0.15, 0.2) is 140 Å². The second-order valence-corrected chi connectivity index (χ2v) is 11.1. The maximum Gasteiger partial charge on any atom is 0.407 e. The maximum absolute atomic E-state index is 14.1. The second-order valence-electron chi connectivity index (χ2n) is 11.1. The van der Waals surface area contributed by atoms with Crippen LogP contribution in [0.5, 0.6) is 0 Å². The third kappa shape index (κ3) is 6.10. The average molecular weight is 598 g/mol. The number of esters is 1. The molecule has 0 fully saturated rings. The summed E-state index contributed by atoms with van der Waals surface area (Å²) >= 11 is 0. The summed E-state index contributed by atoms with van der Waals surface area (Å²) in [6.07, 6.45) is -0.256. The number of carbonyl (C=O) groups is 2. The van der Waals surface area contributed by atoms with Gasteiger partial charge in [-0.3, -0.25) is 0 Å². The molecule has 1 aliphatic rings. The lowest BCUT2D eigenvalue weighted by Gasteiger charge is -2.36. The highest BCUT2D eigenvalue weighted by atomic mass is 16.6. The number of aliphatic hydroxyl groups is 1. The van der Waals surface area contributed by atoms with E-state index in [9.17, 15) is 14.7 Å². The van der Waals surface area contributed by atoms with Gasteiger partial charge in [0.25, 0.3) is 0 Å². The number of fused-ring (bicyclic) bond motifs is 3. The maximum atomic E-state index is 14.1. The number of hydrogen-bond donors (Lipinski definition) is 2. The molecular formula is C39H35NO5. The number of ether oxygens (including phenoxy) is 2. The van der Waals surface area contributed by atoms with Gasteiger partial charge in [-0.25, -0.2) is 9.59 Å². The molecule has 6 nitrogen and oxygen atoms in total. The molecule has 6 rings (SSSR count). The predicted molar refractivity (Wildman–Crippen MR) is 174 cm³/mol. The molecule has 0 spiro atoms. The zero-order valence-corrected chi connectivity index (χ0v) is 24.8. The van der Waals surface area contributed by atoms with Gasteiger partial charge < -0.3 is 19.9 Å². The van der Waals surface area contributed by atoms with E-state index in [1.54, 1.807) is 0 Å². The molecule has 1 aliphatic carbocycles. The minimum Gasteiger partial charge on any atom is -0.449 e. The van der Waals surface area contributed by atoms with Crippen LogP contribution in [-0.4, -0.2) is 36.4 Å². The van der Waals surface area contributed by atoms with Crippen LogP contribution in [0.4, 0.5) is 4.79 Å². The van der Waals surface area contributed by atoms with Crippen molar-refractivity contribution < 1.29 is 24.2 Å². The van der Waals surface area contributed by atoms with Crippen LogP contribution < -0.4 is 5.32 Å². The summed E-state index contributed by atoms with van der Waals surface area (Å²) in [5.74, 6) is -0.749. The Balaban J connectivity index is 1.26. The van der Waals surface area contributed by atoms with E-state index in [1.807, 2.05) is 115 Å². The first-order valence-corrected chi connectivity index (χ1v) is 15.2. The van der Waals surface area contributed by atoms with Crippen LogP contribution in [-0.2, 0) is 19.9 Å². The van der Waals surface area contributed by atoms with Crippen LogP contribution in [0, 0.1) is 0 Å². The largest absolute Gasteiger partial charge is 0.449 e. The van der Waals surface area contributed by atoms with Crippen LogP contribution in [0.1, 0.15) is 46.6 Å². The van der Waals surface area contributed by atoms with E-state index in [0.717, 1.165) is 38.9 Å². The number of alkyl carbamates (subject to hydrolysis) is 1. The predicted octanol–water partition coefficient (Wildman–Crippen LogP) is 7.20. The standard InChI is InChI=1S/C39H35NO5/c41-26-14-25-36(40-38(43)44-27-35-33-23-12-10-21-31(33)32-22-11-13-24-34(32)35)37(42)45-39(28-15-4-1-5-16-28,29-17-6-2-7-18-29)30-19-8-3-9-20-30/h1-13,15-24,35-36,41H,14,25-27H2,(H,40,43). The van der Waals surface area contributed by atoms with Crippen LogP contribution in [0.2, 0.25) is 0 Å². The average Bonchev–Trinajstić information content (AvgIpc) is 3.42. The Hall–Kier alpha value is -5.20. The van der Waals surface area contributed by atoms with Crippen molar-refractivity contribution in [1.29, 1.82) is 0 Å². The minimum absolute atomic E-state index is 0.115. The van der Waals surface area contributed by atoms with E-state index in [1.165, 1.54) is 0 Å². The Morgan fingerprint density at radius 2 is 1.11 bits per heavy atom. The lowest BCUT2D eigenvalue weighted by Crippen LogP contribution is -2.46. The molecule has 0 saturated carbocycles. The topological polar surface area (TPSA) is 84.9 Å². The molecule has 2 N–H and O–H groups in total. The summed E-state index contributed by atoms with van der Waals surface area (Å²) in [6.45, 7) is -0.0268. The molecule has 0 heterocycles. The highest BCUT2D eigenvalue weighted by molar-refractivity contribution is 5.83. The minimum atomic E-state index is -1.29. The van der Waals surface area contributed by atoms with Gasteiger partial charge in [-0.05, 0) is 35.1 Å². The van der Waals surface area contributed by atoms with Crippen LogP contribution in [0.3, 0.4) is 0 Å². The molecule has 0 aromatic heterocycles. The molecule has 5 aromatic rings. The zero-order chi connectivity index (χ0) is 31.1. The first-order valence-electron chi connectivity index (χ1n) is 15.2. The van der Waals surface area contributed by atoms with E-state index < -0.39 is 23.7 Å². The molecule has 226 valence electrons. The van der Waals surface area contributed by atoms with E-state index >= 15 is 0 Å². The van der Waals surface area contributed by atoms with Gasteiger partial charge in [0.15, 0.2) is 5.60 Å². The summed E-state index contributed by atoms with van der Waals surface area (Å²) in [7, 11) is 0. The normalized spacial score (nSPS) is 12.9. The first kappa shape index (κ1) is 29.9. The van der Waals surface area contributed by atoms with Gasteiger partial charge in [-0.1, -0.05) is 140 Å². The van der Waals surface area contributed by atoms with Crippen molar-refractivity contribution in [2.24, 2.45) is 0 Å². The van der Waals surface area contributed by atoms with Gasteiger partial charge in [0, 0.05) is 29.2 Å². The molecule has 45 heavy (non-hydrogen) atoms. The van der Waals surface area contributed by atoms with Gasteiger partial charge in [0.2, 0.25) is 0 Å². The molecule has 1 amide bonds. The zero-order valence-electron chi connectivity index (χ0n) is 24.8. The Labute approximate surface area is 263 Å². The molecule has 0 radical (unpaired) electrons. The number of carbonyl (C=O) groups excluding carboxylic acids is 2. The van der Waals surface area contributed by atoms with E-state index in [4.69, 9.17) is 9.47 Å². The molecule has 5 aromatic carbocycles. The lowest BCUT2D eigenvalue weighted by atomic mass is 9.80. The number of aliphatic hydroxyl groups excluding tert-OH is 1. The highest BCUT2D eigenvalue weighted by Crippen LogP contribution is 2.45. The van der Waals surface area contributed by atoms with E-state index in [-0.39, 0.29) is 25.6 Å². The van der Waals surface area contributed by atoms with Crippen molar-refractivity contribution in [3.05, 3.63) is 167 Å². The van der Waals surface area contributed by atoms with Gasteiger partial charge in [0.05, 0.1) is 0 Å². The van der Waals surface area contributed by atoms with Crippen molar-refractivity contribution in [2.45, 2.75) is 30.4 Å².